The molecule has 1 heterocycles. The van der Waals surface area contributed by atoms with Crippen LogP contribution >= 0.6 is 0 Å². The average Bonchev–Trinajstić information content (AvgIpc) is 2.75. The zero-order valence-corrected chi connectivity index (χ0v) is 13.1. The lowest BCUT2D eigenvalue weighted by Crippen LogP contribution is -2.24. The molecular formula is C14H20FN5O2. The molecule has 0 aliphatic carbocycles. The fourth-order valence-electron chi connectivity index (χ4n) is 2.03. The van der Waals surface area contributed by atoms with Gasteiger partial charge in [-0.3, -0.25) is 0 Å². The Morgan fingerprint density at radius 1 is 1.32 bits per heavy atom. The number of nitrogens with zero attached hydrogens (tertiary/aromatic N) is 4. The molecule has 0 aliphatic rings. The second-order valence-corrected chi connectivity index (χ2v) is 5.98. The predicted octanol–water partition coefficient (Wildman–Crippen LogP) is 0.740. The fraction of sp³-hybridized carbons (Fsp3) is 0.500. The van der Waals surface area contributed by atoms with Gasteiger partial charge in [0.05, 0.1) is 0 Å². The second-order valence-electron chi connectivity index (χ2n) is 5.98. The van der Waals surface area contributed by atoms with Crippen LogP contribution in [0.4, 0.5) is 4.39 Å². The van der Waals surface area contributed by atoms with Crippen LogP contribution in [-0.2, 0) is 12.5 Å². The van der Waals surface area contributed by atoms with E-state index in [1.807, 2.05) is 20.8 Å². The van der Waals surface area contributed by atoms with Crippen LogP contribution in [0.3, 0.4) is 0 Å². The third-order valence-corrected chi connectivity index (χ3v) is 3.18. The third-order valence-electron chi connectivity index (χ3n) is 3.18. The van der Waals surface area contributed by atoms with Crippen LogP contribution < -0.4 is 16.2 Å². The Hall–Kier alpha value is -2.22. The van der Waals surface area contributed by atoms with Crippen molar-refractivity contribution in [1.29, 1.82) is 0 Å². The maximum absolute atomic E-state index is 14.3. The standard InChI is InChI=1S/C14H20FN5O2/c1-14(2,3)9-7-11(20-13(21)19(4)17-18-20)12(8-10(9)15)22-6-5-16/h7-8H,5-6,16H2,1-4H3. The Kier molecular flexibility index (Phi) is 4.32. The molecule has 2 rings (SSSR count). The number of hydrogen-bond acceptors (Lipinski definition) is 5. The monoisotopic (exact) mass is 309 g/mol. The van der Waals surface area contributed by atoms with E-state index in [0.717, 1.165) is 9.36 Å². The first-order valence-electron chi connectivity index (χ1n) is 6.92. The number of rotatable bonds is 4. The molecule has 0 unspecified atom stereocenters. The summed E-state index contributed by atoms with van der Waals surface area (Å²) in [5.41, 5.74) is 5.35. The number of hydrogen-bond donors (Lipinski definition) is 1. The summed E-state index contributed by atoms with van der Waals surface area (Å²) in [6.45, 7) is 6.13. The van der Waals surface area contributed by atoms with Crippen LogP contribution in [0.5, 0.6) is 5.75 Å². The van der Waals surface area contributed by atoms with Crippen molar-refractivity contribution in [2.75, 3.05) is 13.2 Å². The number of benzene rings is 1. The van der Waals surface area contributed by atoms with E-state index in [4.69, 9.17) is 10.5 Å². The third kappa shape index (κ3) is 3.01. The van der Waals surface area contributed by atoms with Gasteiger partial charge in [0.1, 0.15) is 23.9 Å². The first-order valence-corrected chi connectivity index (χ1v) is 6.92. The van der Waals surface area contributed by atoms with Crippen molar-refractivity contribution >= 4 is 0 Å². The van der Waals surface area contributed by atoms with Gasteiger partial charge in [0.2, 0.25) is 0 Å². The van der Waals surface area contributed by atoms with Gasteiger partial charge in [-0.1, -0.05) is 20.8 Å². The molecule has 0 saturated heterocycles. The highest BCUT2D eigenvalue weighted by molar-refractivity contribution is 5.50. The average molecular weight is 309 g/mol. The van der Waals surface area contributed by atoms with Gasteiger partial charge in [-0.15, -0.1) is 0 Å². The highest BCUT2D eigenvalue weighted by atomic mass is 19.1. The first kappa shape index (κ1) is 16.2. The van der Waals surface area contributed by atoms with Gasteiger partial charge in [-0.2, -0.15) is 9.36 Å². The molecule has 0 fully saturated rings. The highest BCUT2D eigenvalue weighted by Gasteiger charge is 2.23. The maximum atomic E-state index is 14.3. The van der Waals surface area contributed by atoms with Crippen molar-refractivity contribution in [1.82, 2.24) is 19.8 Å². The summed E-state index contributed by atoms with van der Waals surface area (Å²) in [6.07, 6.45) is 0. The van der Waals surface area contributed by atoms with E-state index < -0.39 is 16.9 Å². The van der Waals surface area contributed by atoms with Gasteiger partial charge in [0, 0.05) is 19.7 Å². The number of halogens is 1. The second kappa shape index (κ2) is 5.88. The molecule has 120 valence electrons. The summed E-state index contributed by atoms with van der Waals surface area (Å²) in [5, 5.41) is 7.46. The minimum Gasteiger partial charge on any atom is -0.490 e. The highest BCUT2D eigenvalue weighted by Crippen LogP contribution is 2.32. The molecule has 8 heteroatoms. The zero-order chi connectivity index (χ0) is 16.5. The van der Waals surface area contributed by atoms with Crippen molar-refractivity contribution in [3.05, 3.63) is 34.0 Å². The summed E-state index contributed by atoms with van der Waals surface area (Å²) in [4.78, 5) is 12.1. The van der Waals surface area contributed by atoms with Crippen LogP contribution in [-0.4, -0.2) is 32.9 Å². The molecule has 0 atom stereocenters. The van der Waals surface area contributed by atoms with Gasteiger partial charge >= 0.3 is 5.69 Å². The summed E-state index contributed by atoms with van der Waals surface area (Å²) in [7, 11) is 1.49. The maximum Gasteiger partial charge on any atom is 0.368 e. The van der Waals surface area contributed by atoms with E-state index in [9.17, 15) is 9.18 Å². The van der Waals surface area contributed by atoms with Crippen LogP contribution in [0.25, 0.3) is 5.69 Å². The molecule has 1 aromatic carbocycles. The SMILES string of the molecule is Cn1nnn(-c2cc(C(C)(C)C)c(F)cc2OCCN)c1=O. The lowest BCUT2D eigenvalue weighted by molar-refractivity contribution is 0.323. The zero-order valence-electron chi connectivity index (χ0n) is 13.1. The van der Waals surface area contributed by atoms with Crippen LogP contribution in [0, 0.1) is 5.82 Å². The molecule has 0 amide bonds. The molecule has 2 aromatic rings. The van der Waals surface area contributed by atoms with Crippen molar-refractivity contribution in [3.8, 4) is 11.4 Å². The lowest BCUT2D eigenvalue weighted by Gasteiger charge is -2.22. The minimum absolute atomic E-state index is 0.205. The Morgan fingerprint density at radius 3 is 2.50 bits per heavy atom. The lowest BCUT2D eigenvalue weighted by atomic mass is 9.86. The summed E-state index contributed by atoms with van der Waals surface area (Å²) < 4.78 is 22.0. The molecular weight excluding hydrogens is 289 g/mol. The van der Waals surface area contributed by atoms with Gasteiger partial charge in [0.25, 0.3) is 0 Å². The molecule has 22 heavy (non-hydrogen) atoms. The van der Waals surface area contributed by atoms with E-state index >= 15 is 0 Å². The number of ether oxygens (including phenoxy) is 1. The van der Waals surface area contributed by atoms with Crippen molar-refractivity contribution in [3.63, 3.8) is 0 Å². The molecule has 0 spiro atoms. The molecule has 0 radical (unpaired) electrons. The summed E-state index contributed by atoms with van der Waals surface area (Å²) in [5.74, 6) is -0.196. The van der Waals surface area contributed by atoms with Gasteiger partial charge in [0.15, 0.2) is 0 Å². The van der Waals surface area contributed by atoms with Crippen LogP contribution in [0.2, 0.25) is 0 Å². The summed E-state index contributed by atoms with van der Waals surface area (Å²) >= 11 is 0. The van der Waals surface area contributed by atoms with Crippen LogP contribution in [0.15, 0.2) is 16.9 Å². The molecule has 1 aromatic heterocycles. The van der Waals surface area contributed by atoms with E-state index in [1.165, 1.54) is 13.1 Å². The molecule has 0 aliphatic heterocycles. The van der Waals surface area contributed by atoms with E-state index in [-0.39, 0.29) is 18.9 Å². The number of aryl methyl sites for hydroxylation is 1. The van der Waals surface area contributed by atoms with Gasteiger partial charge in [-0.25, -0.2) is 9.18 Å². The minimum atomic E-state index is -0.441. The molecule has 0 bridgehead atoms. The number of nitrogens with two attached hydrogens (primary N) is 1. The van der Waals surface area contributed by atoms with Gasteiger partial charge < -0.3 is 10.5 Å². The van der Waals surface area contributed by atoms with Crippen molar-refractivity contribution in [2.45, 2.75) is 26.2 Å². The van der Waals surface area contributed by atoms with E-state index in [1.54, 1.807) is 6.07 Å². The van der Waals surface area contributed by atoms with Crippen molar-refractivity contribution in [2.24, 2.45) is 12.8 Å². The predicted molar refractivity (Wildman–Crippen MR) is 79.8 cm³/mol. The molecule has 0 saturated carbocycles. The van der Waals surface area contributed by atoms with E-state index in [2.05, 4.69) is 10.4 Å². The van der Waals surface area contributed by atoms with Crippen LogP contribution in [0.1, 0.15) is 26.3 Å². The quantitative estimate of drug-likeness (QED) is 0.900. The Labute approximate surface area is 127 Å². The smallest absolute Gasteiger partial charge is 0.368 e. The summed E-state index contributed by atoms with van der Waals surface area (Å²) in [6, 6.07) is 2.82. The Balaban J connectivity index is 2.67. The van der Waals surface area contributed by atoms with Crippen molar-refractivity contribution < 1.29 is 9.13 Å². The van der Waals surface area contributed by atoms with E-state index in [0.29, 0.717) is 11.3 Å². The fourth-order valence-corrected chi connectivity index (χ4v) is 2.03. The normalized spacial score (nSPS) is 11.7. The van der Waals surface area contributed by atoms with Gasteiger partial charge in [-0.05, 0) is 27.5 Å². The molecule has 2 N–H and O–H groups in total. The first-order chi connectivity index (χ1) is 10.3. The number of aromatic nitrogens is 4. The largest absolute Gasteiger partial charge is 0.490 e. The Morgan fingerprint density at radius 2 is 2.00 bits per heavy atom. The topological polar surface area (TPSA) is 88.0 Å². The number of tetrazole rings is 1. The Bertz CT molecular complexity index is 730. The molecule has 7 nitrogen and oxygen atoms in total.